The van der Waals surface area contributed by atoms with E-state index in [1.165, 1.54) is 12.3 Å². The molecule has 3 aliphatic heterocycles. The van der Waals surface area contributed by atoms with Crippen LogP contribution in [0.1, 0.15) is 61.1 Å². The first kappa shape index (κ1) is 35.2. The monoisotopic (exact) mass is 774 g/mol. The van der Waals surface area contributed by atoms with Gasteiger partial charge >= 0.3 is 6.61 Å². The molecular formula is C40H35Cl2F3N6O3. The molecule has 278 valence electrons. The fourth-order valence-corrected chi connectivity index (χ4v) is 9.28. The number of fused-ring (bicyclic) bond motifs is 4. The van der Waals surface area contributed by atoms with E-state index in [2.05, 4.69) is 31.7 Å². The molecule has 9 nitrogen and oxygen atoms in total. The first-order valence-corrected chi connectivity index (χ1v) is 19.0. The van der Waals surface area contributed by atoms with Crippen LogP contribution in [-0.4, -0.2) is 57.2 Å². The number of alkyl halides is 2. The third kappa shape index (κ3) is 5.83. The van der Waals surface area contributed by atoms with E-state index in [0.29, 0.717) is 34.5 Å². The lowest BCUT2D eigenvalue weighted by Gasteiger charge is -2.39. The van der Waals surface area contributed by atoms with Crippen molar-refractivity contribution >= 4 is 50.9 Å². The lowest BCUT2D eigenvalue weighted by atomic mass is 9.79. The number of aryl methyl sites for hydroxylation is 2. The number of pyridine rings is 2. The molecule has 14 heteroatoms. The quantitative estimate of drug-likeness (QED) is 0.151. The Balaban J connectivity index is 1.23. The minimum atomic E-state index is -3.08. The molecule has 10 rings (SSSR count). The van der Waals surface area contributed by atoms with Crippen LogP contribution in [0, 0.1) is 35.9 Å². The maximum Gasteiger partial charge on any atom is 0.388 e. The van der Waals surface area contributed by atoms with Crippen molar-refractivity contribution in [1.29, 1.82) is 5.26 Å². The Morgan fingerprint density at radius 1 is 1.15 bits per heavy atom. The Kier molecular flexibility index (Phi) is 8.87. The van der Waals surface area contributed by atoms with Crippen LogP contribution in [0.4, 0.5) is 13.2 Å². The Morgan fingerprint density at radius 2 is 1.98 bits per heavy atom. The van der Waals surface area contributed by atoms with E-state index in [9.17, 15) is 18.8 Å². The molecule has 5 aliphatic rings. The van der Waals surface area contributed by atoms with Crippen LogP contribution in [0.25, 0.3) is 32.9 Å². The molecular weight excluding hydrogens is 740 g/mol. The van der Waals surface area contributed by atoms with Crippen molar-refractivity contribution in [1.82, 2.24) is 24.8 Å². The Bertz CT molecular complexity index is 2370. The molecule has 3 saturated heterocycles. The minimum Gasteiger partial charge on any atom is -0.483 e. The van der Waals surface area contributed by atoms with Gasteiger partial charge in [-0.25, -0.2) is 14.4 Å². The molecule has 0 unspecified atom stereocenters. The number of amides is 1. The van der Waals surface area contributed by atoms with Crippen molar-refractivity contribution in [3.05, 3.63) is 81.5 Å². The Labute approximate surface area is 319 Å². The number of aromatic nitrogens is 3. The molecule has 2 bridgehead atoms. The summed E-state index contributed by atoms with van der Waals surface area (Å²) < 4.78 is 57.0. The predicted octanol–water partition coefficient (Wildman–Crippen LogP) is 8.73. The third-order valence-electron chi connectivity index (χ3n) is 11.5. The molecule has 2 saturated carbocycles. The van der Waals surface area contributed by atoms with Gasteiger partial charge in [-0.1, -0.05) is 35.3 Å². The molecule has 54 heavy (non-hydrogen) atoms. The summed E-state index contributed by atoms with van der Waals surface area (Å²) >= 11 is 13.1. The molecule has 2 aromatic carbocycles. The summed E-state index contributed by atoms with van der Waals surface area (Å²) in [7, 11) is 0. The highest BCUT2D eigenvalue weighted by Gasteiger charge is 2.51. The molecule has 0 radical (unpaired) electrons. The lowest BCUT2D eigenvalue weighted by Crippen LogP contribution is -2.41. The van der Waals surface area contributed by atoms with Crippen molar-refractivity contribution in [2.75, 3.05) is 13.1 Å². The molecule has 5 aromatic rings. The average Bonchev–Trinajstić information content (AvgIpc) is 3.43. The number of nitriles is 1. The maximum absolute atomic E-state index is 17.2. The number of nitrogens with one attached hydrogen (secondary N) is 1. The summed E-state index contributed by atoms with van der Waals surface area (Å²) in [5, 5.41) is 15.2. The van der Waals surface area contributed by atoms with E-state index >= 15 is 4.39 Å². The highest BCUT2D eigenvalue weighted by atomic mass is 35.5. The smallest absolute Gasteiger partial charge is 0.388 e. The summed E-state index contributed by atoms with van der Waals surface area (Å²) in [5.74, 6) is -0.517. The molecule has 3 aromatic heterocycles. The van der Waals surface area contributed by atoms with Crippen molar-refractivity contribution in [2.24, 2.45) is 11.8 Å². The number of hydrogen-bond donors (Lipinski definition) is 1. The molecule has 6 heterocycles. The van der Waals surface area contributed by atoms with Crippen LogP contribution in [0.3, 0.4) is 0 Å². The summed E-state index contributed by atoms with van der Waals surface area (Å²) in [5.41, 5.74) is 3.82. The van der Waals surface area contributed by atoms with E-state index < -0.39 is 24.6 Å². The minimum absolute atomic E-state index is 0.0282. The molecule has 1 amide bonds. The Morgan fingerprint density at radius 3 is 2.70 bits per heavy atom. The number of carbonyl (C=O) groups is 1. The van der Waals surface area contributed by atoms with Crippen LogP contribution < -0.4 is 14.8 Å². The van der Waals surface area contributed by atoms with Gasteiger partial charge in [-0.15, -0.1) is 0 Å². The number of ether oxygens (including phenoxy) is 2. The van der Waals surface area contributed by atoms with Gasteiger partial charge in [0.1, 0.15) is 11.6 Å². The second-order valence-electron chi connectivity index (χ2n) is 14.7. The molecule has 1 N–H and O–H groups in total. The second-order valence-corrected chi connectivity index (χ2v) is 15.5. The summed E-state index contributed by atoms with van der Waals surface area (Å²) in [6.07, 6.45) is 4.24. The van der Waals surface area contributed by atoms with Gasteiger partial charge in [-0.2, -0.15) is 14.0 Å². The Hall–Kier alpha value is -4.57. The second kappa shape index (κ2) is 13.6. The number of halogens is 5. The van der Waals surface area contributed by atoms with E-state index in [4.69, 9.17) is 32.9 Å². The van der Waals surface area contributed by atoms with Gasteiger partial charge in [-0.3, -0.25) is 4.79 Å². The van der Waals surface area contributed by atoms with E-state index in [1.807, 2.05) is 17.9 Å². The van der Waals surface area contributed by atoms with Crippen LogP contribution in [0.15, 0.2) is 48.7 Å². The van der Waals surface area contributed by atoms with Gasteiger partial charge in [0.2, 0.25) is 5.91 Å². The van der Waals surface area contributed by atoms with Crippen LogP contribution in [0.2, 0.25) is 10.0 Å². The van der Waals surface area contributed by atoms with E-state index in [1.54, 1.807) is 24.3 Å². The van der Waals surface area contributed by atoms with Gasteiger partial charge in [-0.05, 0) is 74.4 Å². The zero-order chi connectivity index (χ0) is 37.4. The van der Waals surface area contributed by atoms with Gasteiger partial charge in [0.25, 0.3) is 5.88 Å². The predicted molar refractivity (Wildman–Crippen MR) is 197 cm³/mol. The van der Waals surface area contributed by atoms with Crippen molar-refractivity contribution in [2.45, 2.75) is 76.3 Å². The van der Waals surface area contributed by atoms with Gasteiger partial charge < -0.3 is 24.3 Å². The molecule has 5 fully saturated rings. The van der Waals surface area contributed by atoms with Crippen molar-refractivity contribution in [3.63, 3.8) is 0 Å². The van der Waals surface area contributed by atoms with Crippen LogP contribution in [0.5, 0.6) is 11.6 Å². The summed E-state index contributed by atoms with van der Waals surface area (Å²) in [6.45, 7) is -0.136. The van der Waals surface area contributed by atoms with Crippen LogP contribution in [-0.2, 0) is 11.2 Å². The number of hydrogen-bond acceptors (Lipinski definition) is 7. The maximum atomic E-state index is 17.2. The number of nitrogens with zero attached hydrogens (tertiary/aromatic N) is 5. The zero-order valence-corrected chi connectivity index (χ0v) is 30.7. The SMILES string of the molecule is Cc1nc2c(F)c(-c3cccc(Cl)c3Cl)c(CCC#N)cc2c2c1cc([C@H]1C[C@H](Oc3cccnc3OC(F)F)CN1C(=O)C1CC1)n2[C@H]1[C@H]2CN[C@@H]1C2. The first-order valence-electron chi connectivity index (χ1n) is 18.2. The zero-order valence-electron chi connectivity index (χ0n) is 29.2. The van der Waals surface area contributed by atoms with E-state index in [-0.39, 0.29) is 76.1 Å². The van der Waals surface area contributed by atoms with Crippen LogP contribution >= 0.6 is 23.2 Å². The van der Waals surface area contributed by atoms with Crippen molar-refractivity contribution in [3.8, 4) is 28.8 Å². The summed E-state index contributed by atoms with van der Waals surface area (Å²) in [4.78, 5) is 24.7. The topological polar surface area (TPSA) is 105 Å². The molecule has 5 atom stereocenters. The van der Waals surface area contributed by atoms with Gasteiger partial charge in [0.15, 0.2) is 11.6 Å². The molecule has 0 spiro atoms. The van der Waals surface area contributed by atoms with Crippen molar-refractivity contribution < 1.29 is 27.4 Å². The fourth-order valence-electron chi connectivity index (χ4n) is 8.89. The number of benzene rings is 2. The largest absolute Gasteiger partial charge is 0.483 e. The average molecular weight is 776 g/mol. The molecule has 2 aliphatic carbocycles. The fraction of sp³-hybridized carbons (Fsp3) is 0.400. The summed E-state index contributed by atoms with van der Waals surface area (Å²) in [6, 6.07) is 14.2. The number of likely N-dealkylation sites (tertiary alicyclic amines) is 1. The third-order valence-corrected chi connectivity index (χ3v) is 12.3. The number of carbonyl (C=O) groups excluding carboxylic acids is 1. The van der Waals surface area contributed by atoms with Gasteiger partial charge in [0.05, 0.1) is 40.3 Å². The van der Waals surface area contributed by atoms with E-state index in [0.717, 1.165) is 42.4 Å². The number of rotatable bonds is 10. The first-order chi connectivity index (χ1) is 26.1. The van der Waals surface area contributed by atoms with Gasteiger partial charge in [0, 0.05) is 70.8 Å². The highest BCUT2D eigenvalue weighted by molar-refractivity contribution is 6.43. The highest BCUT2D eigenvalue weighted by Crippen LogP contribution is 2.51. The standard InChI is InChI=1S/C40H35Cl2F3N6O3/c1-19-25-16-30(29-15-23(18-50(29)39(52)20-9-10-20)53-31-8-4-12-47-38(31)54-40(44)45)51(36-22-14-28(36)48-17-22)37(25)26-13-21(5-3-11-46)32(34(43)35(26)49-19)24-6-2-7-27(41)33(24)42/h2,4,6-8,12-13,16,20,22-23,28-29,36,40,48H,3,5,9-10,14-15,17-18H2,1H3/t22-,23+,28-,29-,36+/m1/s1. The normalized spacial score (nSPS) is 23.3. The lowest BCUT2D eigenvalue weighted by molar-refractivity contribution is -0.133.